The number of carboxylic acids is 1. The van der Waals surface area contributed by atoms with Gasteiger partial charge < -0.3 is 14.6 Å². The van der Waals surface area contributed by atoms with Gasteiger partial charge in [-0.2, -0.15) is 0 Å². The van der Waals surface area contributed by atoms with Gasteiger partial charge in [0, 0.05) is 0 Å². The van der Waals surface area contributed by atoms with E-state index in [-0.39, 0.29) is 0 Å². The lowest BCUT2D eigenvalue weighted by atomic mass is 10.0. The zero-order chi connectivity index (χ0) is 14.3. The van der Waals surface area contributed by atoms with E-state index in [1.807, 2.05) is 32.0 Å². The lowest BCUT2D eigenvalue weighted by Gasteiger charge is -2.14. The highest BCUT2D eigenvalue weighted by Gasteiger charge is 2.13. The van der Waals surface area contributed by atoms with Crippen LogP contribution in [0, 0.1) is 5.92 Å². The minimum absolute atomic E-state index is 0.406. The van der Waals surface area contributed by atoms with Crippen LogP contribution in [0.25, 0.3) is 0 Å². The number of hydrogen-bond donors (Lipinski definition) is 1. The van der Waals surface area contributed by atoms with Gasteiger partial charge in [0.1, 0.15) is 0 Å². The van der Waals surface area contributed by atoms with Crippen LogP contribution in [-0.4, -0.2) is 24.3 Å². The number of aliphatic carboxylic acids is 1. The summed E-state index contributed by atoms with van der Waals surface area (Å²) in [5.41, 5.74) is 0.946. The first-order chi connectivity index (χ1) is 9.08. The molecule has 0 fully saturated rings. The fraction of sp³-hybridized carbons (Fsp3) is 0.533. The summed E-state index contributed by atoms with van der Waals surface area (Å²) in [6, 6.07) is 5.62. The summed E-state index contributed by atoms with van der Waals surface area (Å²) in [6.07, 6.45) is 1.42. The fourth-order valence-electron chi connectivity index (χ4n) is 1.72. The Labute approximate surface area is 114 Å². The van der Waals surface area contributed by atoms with Crippen LogP contribution in [0.4, 0.5) is 0 Å². The van der Waals surface area contributed by atoms with Crippen LogP contribution in [0.5, 0.6) is 11.5 Å². The van der Waals surface area contributed by atoms with Crippen LogP contribution in [0.1, 0.15) is 32.8 Å². The predicted octanol–water partition coefficient (Wildman–Crippen LogP) is 3.14. The second-order valence-corrected chi connectivity index (χ2v) is 4.51. The lowest BCUT2D eigenvalue weighted by Crippen LogP contribution is -2.12. The second kappa shape index (κ2) is 7.67. The maximum Gasteiger partial charge on any atom is 0.306 e. The smallest absolute Gasteiger partial charge is 0.306 e. The van der Waals surface area contributed by atoms with Gasteiger partial charge >= 0.3 is 5.97 Å². The monoisotopic (exact) mass is 266 g/mol. The maximum absolute atomic E-state index is 10.9. The van der Waals surface area contributed by atoms with Gasteiger partial charge in [-0.05, 0) is 37.5 Å². The van der Waals surface area contributed by atoms with Gasteiger partial charge in [-0.1, -0.05) is 19.9 Å². The summed E-state index contributed by atoms with van der Waals surface area (Å²) in [5, 5.41) is 8.93. The highest BCUT2D eigenvalue weighted by Crippen LogP contribution is 2.29. The molecule has 1 N–H and O–H groups in total. The predicted molar refractivity (Wildman–Crippen MR) is 73.9 cm³/mol. The van der Waals surface area contributed by atoms with E-state index in [0.29, 0.717) is 25.4 Å². The van der Waals surface area contributed by atoms with Crippen molar-refractivity contribution in [3.05, 3.63) is 23.8 Å². The van der Waals surface area contributed by atoms with E-state index in [1.54, 1.807) is 6.92 Å². The Morgan fingerprint density at radius 3 is 2.58 bits per heavy atom. The van der Waals surface area contributed by atoms with Crippen molar-refractivity contribution in [2.75, 3.05) is 13.2 Å². The molecular weight excluding hydrogens is 244 g/mol. The van der Waals surface area contributed by atoms with E-state index in [0.717, 1.165) is 17.7 Å². The largest absolute Gasteiger partial charge is 0.490 e. The van der Waals surface area contributed by atoms with Gasteiger partial charge in [0.05, 0.1) is 19.1 Å². The lowest BCUT2D eigenvalue weighted by molar-refractivity contribution is -0.141. The normalized spacial score (nSPS) is 11.9. The van der Waals surface area contributed by atoms with Gasteiger partial charge in [-0.3, -0.25) is 4.79 Å². The Morgan fingerprint density at radius 2 is 2.00 bits per heavy atom. The van der Waals surface area contributed by atoms with Crippen molar-refractivity contribution in [2.45, 2.75) is 33.6 Å². The van der Waals surface area contributed by atoms with Gasteiger partial charge in [0.25, 0.3) is 0 Å². The first-order valence-electron chi connectivity index (χ1n) is 6.69. The molecule has 1 unspecified atom stereocenters. The molecule has 4 heteroatoms. The highest BCUT2D eigenvalue weighted by atomic mass is 16.5. The molecule has 0 bridgehead atoms. The number of hydrogen-bond acceptors (Lipinski definition) is 3. The standard InChI is InChI=1S/C15H22O4/c1-4-8-19-13-7-6-12(9-11(3)15(16)17)10-14(13)18-5-2/h6-7,10-11H,4-5,8-9H2,1-3H3,(H,16,17). The quantitative estimate of drug-likeness (QED) is 0.785. The third kappa shape index (κ3) is 4.81. The molecule has 0 spiro atoms. The Bertz CT molecular complexity index is 415. The Hall–Kier alpha value is -1.71. The molecule has 106 valence electrons. The molecule has 19 heavy (non-hydrogen) atoms. The molecule has 1 aromatic rings. The van der Waals surface area contributed by atoms with E-state index < -0.39 is 11.9 Å². The highest BCUT2D eigenvalue weighted by molar-refractivity contribution is 5.70. The molecule has 4 nitrogen and oxygen atoms in total. The van der Waals surface area contributed by atoms with Crippen molar-refractivity contribution in [3.8, 4) is 11.5 Å². The number of benzene rings is 1. The zero-order valence-electron chi connectivity index (χ0n) is 11.8. The van der Waals surface area contributed by atoms with Gasteiger partial charge in [-0.15, -0.1) is 0 Å². The van der Waals surface area contributed by atoms with Crippen molar-refractivity contribution in [3.63, 3.8) is 0 Å². The summed E-state index contributed by atoms with van der Waals surface area (Å²) in [4.78, 5) is 10.9. The molecule has 0 radical (unpaired) electrons. The summed E-state index contributed by atoms with van der Waals surface area (Å²) in [6.45, 7) is 6.86. The van der Waals surface area contributed by atoms with Gasteiger partial charge in [-0.25, -0.2) is 0 Å². The first kappa shape index (κ1) is 15.3. The minimum atomic E-state index is -0.788. The average Bonchev–Trinajstić information content (AvgIpc) is 2.38. The van der Waals surface area contributed by atoms with Crippen LogP contribution < -0.4 is 9.47 Å². The van der Waals surface area contributed by atoms with E-state index in [1.165, 1.54) is 0 Å². The summed E-state index contributed by atoms with van der Waals surface area (Å²) in [5.74, 6) is 0.211. The number of rotatable bonds is 8. The molecule has 0 aliphatic heterocycles. The Balaban J connectivity index is 2.85. The number of carbonyl (C=O) groups is 1. The van der Waals surface area contributed by atoms with Crippen molar-refractivity contribution >= 4 is 5.97 Å². The van der Waals surface area contributed by atoms with E-state index in [9.17, 15) is 4.79 Å². The Morgan fingerprint density at radius 1 is 1.26 bits per heavy atom. The van der Waals surface area contributed by atoms with Crippen molar-refractivity contribution in [2.24, 2.45) is 5.92 Å². The van der Waals surface area contributed by atoms with Crippen LogP contribution >= 0.6 is 0 Å². The molecule has 1 rings (SSSR count). The number of carboxylic acid groups (broad SMARTS) is 1. The molecule has 0 heterocycles. The Kier molecular flexibility index (Phi) is 6.19. The molecule has 1 aromatic carbocycles. The van der Waals surface area contributed by atoms with E-state index in [4.69, 9.17) is 14.6 Å². The molecule has 0 amide bonds. The summed E-state index contributed by atoms with van der Waals surface area (Å²) in [7, 11) is 0. The molecule has 0 aliphatic rings. The first-order valence-corrected chi connectivity index (χ1v) is 6.69. The SMILES string of the molecule is CCCOc1ccc(CC(C)C(=O)O)cc1OCC. The topological polar surface area (TPSA) is 55.8 Å². The molecule has 1 atom stereocenters. The third-order valence-electron chi connectivity index (χ3n) is 2.73. The maximum atomic E-state index is 10.9. The summed E-state index contributed by atoms with van der Waals surface area (Å²) >= 11 is 0. The van der Waals surface area contributed by atoms with Crippen molar-refractivity contribution < 1.29 is 19.4 Å². The van der Waals surface area contributed by atoms with Gasteiger partial charge in [0.2, 0.25) is 0 Å². The molecule has 0 aliphatic carbocycles. The van der Waals surface area contributed by atoms with Crippen LogP contribution in [-0.2, 0) is 11.2 Å². The average molecular weight is 266 g/mol. The zero-order valence-corrected chi connectivity index (χ0v) is 11.8. The molecular formula is C15H22O4. The van der Waals surface area contributed by atoms with Gasteiger partial charge in [0.15, 0.2) is 11.5 Å². The van der Waals surface area contributed by atoms with Crippen molar-refractivity contribution in [1.82, 2.24) is 0 Å². The van der Waals surface area contributed by atoms with E-state index in [2.05, 4.69) is 0 Å². The molecule has 0 aromatic heterocycles. The molecule has 0 saturated carbocycles. The minimum Gasteiger partial charge on any atom is -0.490 e. The number of ether oxygens (including phenoxy) is 2. The van der Waals surface area contributed by atoms with Crippen LogP contribution in [0.2, 0.25) is 0 Å². The third-order valence-corrected chi connectivity index (χ3v) is 2.73. The summed E-state index contributed by atoms with van der Waals surface area (Å²) < 4.78 is 11.1. The fourth-order valence-corrected chi connectivity index (χ4v) is 1.72. The molecule has 0 saturated heterocycles. The second-order valence-electron chi connectivity index (χ2n) is 4.51. The van der Waals surface area contributed by atoms with Crippen LogP contribution in [0.15, 0.2) is 18.2 Å². The van der Waals surface area contributed by atoms with Crippen molar-refractivity contribution in [1.29, 1.82) is 0 Å². The van der Waals surface area contributed by atoms with Crippen LogP contribution in [0.3, 0.4) is 0 Å². The van der Waals surface area contributed by atoms with E-state index >= 15 is 0 Å².